The molecule has 0 unspecified atom stereocenters. The van der Waals surface area contributed by atoms with Crippen molar-refractivity contribution in [3.05, 3.63) is 48.7 Å². The molecule has 1 aliphatic rings. The maximum atomic E-state index is 13.6. The maximum Gasteiger partial charge on any atom is 0.421 e. The van der Waals surface area contributed by atoms with Crippen molar-refractivity contribution >= 4 is 35.0 Å². The number of anilines is 4. The number of hydrogen-bond acceptors (Lipinski definition) is 6. The lowest BCUT2D eigenvalue weighted by Gasteiger charge is -2.28. The summed E-state index contributed by atoms with van der Waals surface area (Å²) in [5, 5.41) is 8.18. The van der Waals surface area contributed by atoms with Crippen LogP contribution in [0.3, 0.4) is 0 Å². The molecule has 3 rings (SSSR count). The topological polar surface area (TPSA) is 122 Å². The summed E-state index contributed by atoms with van der Waals surface area (Å²) in [5.41, 5.74) is 4.80. The van der Waals surface area contributed by atoms with Crippen molar-refractivity contribution in [1.29, 1.82) is 0 Å². The number of nitrogens with one attached hydrogen (secondary N) is 3. The minimum Gasteiger partial charge on any atom is -0.369 e. The lowest BCUT2D eigenvalue weighted by atomic mass is 9.85. The van der Waals surface area contributed by atoms with Gasteiger partial charge in [-0.15, -0.1) is 0 Å². The Morgan fingerprint density at radius 1 is 1.19 bits per heavy atom. The van der Waals surface area contributed by atoms with E-state index in [0.717, 1.165) is 12.5 Å². The summed E-state index contributed by atoms with van der Waals surface area (Å²) in [6.45, 7) is 3.36. The molecule has 2 aromatic rings. The molecule has 1 aromatic carbocycles. The molecule has 1 heterocycles. The Kier molecular flexibility index (Phi) is 6.96. The van der Waals surface area contributed by atoms with Gasteiger partial charge in [-0.05, 0) is 37.5 Å². The van der Waals surface area contributed by atoms with Gasteiger partial charge in [-0.1, -0.05) is 25.1 Å². The van der Waals surface area contributed by atoms with Gasteiger partial charge in [0.2, 0.25) is 17.8 Å². The molecule has 0 bridgehead atoms. The Labute approximate surface area is 182 Å². The molecule has 1 fully saturated rings. The fourth-order valence-electron chi connectivity index (χ4n) is 3.53. The lowest BCUT2D eigenvalue weighted by Crippen LogP contribution is -2.34. The van der Waals surface area contributed by atoms with E-state index in [1.807, 2.05) is 0 Å². The number of nitrogens with zero attached hydrogens (tertiary/aromatic N) is 2. The van der Waals surface area contributed by atoms with Crippen LogP contribution in [0.2, 0.25) is 0 Å². The van der Waals surface area contributed by atoms with Crippen molar-refractivity contribution in [3.63, 3.8) is 0 Å². The number of amides is 2. The van der Waals surface area contributed by atoms with Gasteiger partial charge in [0.05, 0.1) is 11.4 Å². The minimum absolute atomic E-state index is 0.0109. The molecule has 2 amide bonds. The molecule has 1 saturated carbocycles. The van der Waals surface area contributed by atoms with Gasteiger partial charge in [0.15, 0.2) is 0 Å². The van der Waals surface area contributed by atoms with Crippen LogP contribution < -0.4 is 21.7 Å². The minimum atomic E-state index is -4.71. The normalized spacial score (nSPS) is 18.5. The fraction of sp³-hybridized carbons (Fsp3) is 0.333. The molecule has 0 aliphatic heterocycles. The van der Waals surface area contributed by atoms with Gasteiger partial charge in [0.25, 0.3) is 0 Å². The van der Waals surface area contributed by atoms with Crippen molar-refractivity contribution in [2.45, 2.75) is 37.9 Å². The average Bonchev–Trinajstić information content (AvgIpc) is 2.74. The third-order valence-electron chi connectivity index (χ3n) is 5.13. The van der Waals surface area contributed by atoms with E-state index in [-0.39, 0.29) is 29.3 Å². The SMILES string of the molecule is C=CC(=O)Nc1ccccc1Nc1nc(N[C@H]2CCC[C@@H](C(N)=O)C2)ncc1C(F)(F)F. The molecular formula is C21H23F3N6O2. The average molecular weight is 448 g/mol. The number of primary amides is 1. The van der Waals surface area contributed by atoms with Crippen LogP contribution in [0.15, 0.2) is 43.1 Å². The number of alkyl halides is 3. The summed E-state index contributed by atoms with van der Waals surface area (Å²) in [7, 11) is 0. The third kappa shape index (κ3) is 5.74. The first-order valence-corrected chi connectivity index (χ1v) is 9.97. The van der Waals surface area contributed by atoms with Crippen LogP contribution >= 0.6 is 0 Å². The summed E-state index contributed by atoms with van der Waals surface area (Å²) in [6, 6.07) is 6.08. The number of para-hydroxylation sites is 2. The van der Waals surface area contributed by atoms with Crippen molar-refractivity contribution < 1.29 is 22.8 Å². The van der Waals surface area contributed by atoms with Crippen LogP contribution in [0.5, 0.6) is 0 Å². The first-order valence-electron chi connectivity index (χ1n) is 9.97. The van der Waals surface area contributed by atoms with Crippen LogP contribution in [-0.2, 0) is 15.8 Å². The summed E-state index contributed by atoms with van der Waals surface area (Å²) >= 11 is 0. The maximum absolute atomic E-state index is 13.6. The van der Waals surface area contributed by atoms with Gasteiger partial charge in [-0.25, -0.2) is 4.98 Å². The number of nitrogens with two attached hydrogens (primary N) is 1. The summed E-state index contributed by atoms with van der Waals surface area (Å²) in [6.07, 6.45) is -0.353. The fourth-order valence-corrected chi connectivity index (χ4v) is 3.53. The highest BCUT2D eigenvalue weighted by Gasteiger charge is 2.36. The van der Waals surface area contributed by atoms with Crippen LogP contribution in [0.4, 0.5) is 36.3 Å². The number of carbonyl (C=O) groups excluding carboxylic acids is 2. The Morgan fingerprint density at radius 3 is 2.56 bits per heavy atom. The standard InChI is InChI=1S/C21H23F3N6O2/c1-2-17(31)28-15-8-3-4-9-16(15)29-19-14(21(22,23)24)11-26-20(30-19)27-13-7-5-6-12(10-13)18(25)32/h2-4,8-9,11-13H,1,5-7,10H2,(H2,25,32)(H,28,31)(H2,26,27,29,30)/t12-,13+/m1/s1. The molecule has 1 aliphatic carbocycles. The first-order chi connectivity index (χ1) is 15.2. The zero-order valence-corrected chi connectivity index (χ0v) is 17.1. The van der Waals surface area contributed by atoms with E-state index in [4.69, 9.17) is 5.73 Å². The van der Waals surface area contributed by atoms with Crippen LogP contribution in [0, 0.1) is 5.92 Å². The van der Waals surface area contributed by atoms with Crippen LogP contribution in [-0.4, -0.2) is 27.8 Å². The number of rotatable bonds is 7. The van der Waals surface area contributed by atoms with Crippen LogP contribution in [0.25, 0.3) is 0 Å². The molecule has 0 radical (unpaired) electrons. The van der Waals surface area contributed by atoms with Gasteiger partial charge in [0.1, 0.15) is 11.4 Å². The monoisotopic (exact) mass is 448 g/mol. The van der Waals surface area contributed by atoms with Crippen molar-refractivity contribution in [2.75, 3.05) is 16.0 Å². The molecule has 5 N–H and O–H groups in total. The number of benzene rings is 1. The zero-order valence-electron chi connectivity index (χ0n) is 17.1. The van der Waals surface area contributed by atoms with Gasteiger partial charge >= 0.3 is 6.18 Å². The number of hydrogen-bond donors (Lipinski definition) is 4. The second-order valence-corrected chi connectivity index (χ2v) is 7.42. The molecule has 8 nitrogen and oxygen atoms in total. The predicted molar refractivity (Wildman–Crippen MR) is 114 cm³/mol. The summed E-state index contributed by atoms with van der Waals surface area (Å²) in [4.78, 5) is 31.0. The van der Waals surface area contributed by atoms with Crippen molar-refractivity contribution in [1.82, 2.24) is 9.97 Å². The van der Waals surface area contributed by atoms with Gasteiger partial charge in [0, 0.05) is 18.2 Å². The molecule has 11 heteroatoms. The van der Waals surface area contributed by atoms with Crippen molar-refractivity contribution in [2.24, 2.45) is 11.7 Å². The smallest absolute Gasteiger partial charge is 0.369 e. The summed E-state index contributed by atoms with van der Waals surface area (Å²) < 4.78 is 40.7. The van der Waals surface area contributed by atoms with Gasteiger partial charge in [-0.3, -0.25) is 9.59 Å². The predicted octanol–water partition coefficient (Wildman–Crippen LogP) is 3.82. The third-order valence-corrected chi connectivity index (χ3v) is 5.13. The van der Waals surface area contributed by atoms with Crippen LogP contribution in [0.1, 0.15) is 31.2 Å². The number of carbonyl (C=O) groups is 2. The van der Waals surface area contributed by atoms with Crippen molar-refractivity contribution in [3.8, 4) is 0 Å². The first kappa shape index (κ1) is 23.0. The highest BCUT2D eigenvalue weighted by molar-refractivity contribution is 6.01. The Bertz CT molecular complexity index is 1010. The second kappa shape index (κ2) is 9.67. The Hall–Kier alpha value is -3.63. The van der Waals surface area contributed by atoms with E-state index in [1.54, 1.807) is 12.1 Å². The molecule has 170 valence electrons. The van der Waals surface area contributed by atoms with E-state index in [0.29, 0.717) is 25.5 Å². The largest absolute Gasteiger partial charge is 0.421 e. The molecule has 32 heavy (non-hydrogen) atoms. The Morgan fingerprint density at radius 2 is 1.91 bits per heavy atom. The second-order valence-electron chi connectivity index (χ2n) is 7.42. The number of aromatic nitrogens is 2. The van der Waals surface area contributed by atoms with E-state index >= 15 is 0 Å². The van der Waals surface area contributed by atoms with E-state index in [1.165, 1.54) is 12.1 Å². The Balaban J connectivity index is 1.89. The molecule has 0 saturated heterocycles. The molecular weight excluding hydrogens is 425 g/mol. The van der Waals surface area contributed by atoms with E-state index < -0.39 is 29.4 Å². The zero-order chi connectivity index (χ0) is 23.3. The van der Waals surface area contributed by atoms with E-state index in [2.05, 4.69) is 32.5 Å². The quantitative estimate of drug-likeness (QED) is 0.478. The highest BCUT2D eigenvalue weighted by Crippen LogP contribution is 2.36. The lowest BCUT2D eigenvalue weighted by molar-refractivity contribution is -0.137. The number of halogens is 3. The highest BCUT2D eigenvalue weighted by atomic mass is 19.4. The van der Waals surface area contributed by atoms with Gasteiger partial charge < -0.3 is 21.7 Å². The summed E-state index contributed by atoms with van der Waals surface area (Å²) in [5.74, 6) is -1.69. The molecule has 1 aromatic heterocycles. The molecule has 0 spiro atoms. The van der Waals surface area contributed by atoms with Gasteiger partial charge in [-0.2, -0.15) is 18.2 Å². The van der Waals surface area contributed by atoms with E-state index in [9.17, 15) is 22.8 Å². The molecule has 2 atom stereocenters.